The summed E-state index contributed by atoms with van der Waals surface area (Å²) in [6.07, 6.45) is 6.93. The van der Waals surface area contributed by atoms with Gasteiger partial charge in [-0.15, -0.1) is 0 Å². The van der Waals surface area contributed by atoms with Gasteiger partial charge in [-0.25, -0.2) is 4.79 Å². The number of benzene rings is 1. The van der Waals surface area contributed by atoms with Crippen LogP contribution in [0.4, 0.5) is 4.79 Å². The Labute approximate surface area is 197 Å². The maximum Gasteiger partial charge on any atom is 0.407 e. The fraction of sp³-hybridized carbons (Fsp3) is 0.640. The van der Waals surface area contributed by atoms with Gasteiger partial charge in [-0.3, -0.25) is 9.59 Å². The van der Waals surface area contributed by atoms with Gasteiger partial charge in [-0.1, -0.05) is 44.7 Å². The first kappa shape index (κ1) is 28.3. The molecule has 1 atom stereocenters. The van der Waals surface area contributed by atoms with E-state index in [1.54, 1.807) is 0 Å². The normalized spacial score (nSPS) is 12.5. The minimum Gasteiger partial charge on any atom is -0.494 e. The molecule has 1 aromatic carbocycles. The number of alkyl carbamates (subject to hydrolysis) is 1. The van der Waals surface area contributed by atoms with Crippen LogP contribution in [0, 0.1) is 0 Å². The zero-order valence-corrected chi connectivity index (χ0v) is 20.2. The summed E-state index contributed by atoms with van der Waals surface area (Å²) < 4.78 is 15.8. The Hall–Kier alpha value is -2.77. The maximum absolute atomic E-state index is 12.0. The first-order valence-electron chi connectivity index (χ1n) is 11.7. The molecular weight excluding hydrogens is 426 g/mol. The van der Waals surface area contributed by atoms with Gasteiger partial charge < -0.3 is 24.6 Å². The number of carboxylic acids is 1. The Morgan fingerprint density at radius 2 is 1.70 bits per heavy atom. The molecule has 186 valence electrons. The van der Waals surface area contributed by atoms with E-state index in [1.165, 1.54) is 39.7 Å². The van der Waals surface area contributed by atoms with Crippen molar-refractivity contribution in [1.29, 1.82) is 0 Å². The van der Waals surface area contributed by atoms with Crippen LogP contribution in [0.25, 0.3) is 0 Å². The smallest absolute Gasteiger partial charge is 0.407 e. The number of aryl methyl sites for hydroxylation is 1. The highest BCUT2D eigenvalue weighted by atomic mass is 16.5. The third-order valence-corrected chi connectivity index (χ3v) is 5.48. The summed E-state index contributed by atoms with van der Waals surface area (Å²) in [6, 6.07) is 7.79. The Kier molecular flexibility index (Phi) is 13.7. The van der Waals surface area contributed by atoms with Crippen molar-refractivity contribution >= 4 is 18.0 Å². The second-order valence-electron chi connectivity index (χ2n) is 8.33. The number of carbonyl (C=O) groups is 3. The minimum atomic E-state index is -0.929. The van der Waals surface area contributed by atoms with E-state index < -0.39 is 23.6 Å². The van der Waals surface area contributed by atoms with Crippen molar-refractivity contribution in [3.8, 4) is 5.75 Å². The van der Waals surface area contributed by atoms with Crippen molar-refractivity contribution < 1.29 is 33.7 Å². The highest BCUT2D eigenvalue weighted by Crippen LogP contribution is 2.24. The Morgan fingerprint density at radius 3 is 2.30 bits per heavy atom. The van der Waals surface area contributed by atoms with E-state index in [2.05, 4.69) is 12.2 Å². The molecule has 1 unspecified atom stereocenters. The van der Waals surface area contributed by atoms with Crippen LogP contribution in [0.1, 0.15) is 77.2 Å². The lowest BCUT2D eigenvalue weighted by Gasteiger charge is -2.34. The fourth-order valence-electron chi connectivity index (χ4n) is 3.55. The van der Waals surface area contributed by atoms with Gasteiger partial charge in [0.05, 0.1) is 19.3 Å². The minimum absolute atomic E-state index is 0.0465. The topological polar surface area (TPSA) is 111 Å². The largest absolute Gasteiger partial charge is 0.494 e. The van der Waals surface area contributed by atoms with Gasteiger partial charge in [0.1, 0.15) is 12.4 Å². The second kappa shape index (κ2) is 15.9. The number of unbranched alkanes of at least 4 members (excludes halogenated alkanes) is 4. The lowest BCUT2D eigenvalue weighted by atomic mass is 9.86. The van der Waals surface area contributed by atoms with Crippen LogP contribution in [-0.2, 0) is 25.5 Å². The first-order valence-corrected chi connectivity index (χ1v) is 11.7. The molecule has 1 rings (SSSR count). The molecule has 0 saturated carbocycles. The molecule has 1 amide bonds. The van der Waals surface area contributed by atoms with Crippen LogP contribution in [0.15, 0.2) is 24.3 Å². The van der Waals surface area contributed by atoms with E-state index in [1.807, 2.05) is 24.3 Å². The molecule has 33 heavy (non-hydrogen) atoms. The molecule has 2 N–H and O–H groups in total. The summed E-state index contributed by atoms with van der Waals surface area (Å²) in [4.78, 5) is 34.4. The van der Waals surface area contributed by atoms with Crippen LogP contribution in [-0.4, -0.2) is 49.0 Å². The lowest BCUT2D eigenvalue weighted by Crippen LogP contribution is -2.52. The SMILES string of the molecule is CCCCCCCOc1ccc(CCC(CCCC(=O)O)(COC(C)=O)NC(=O)OC)cc1. The van der Waals surface area contributed by atoms with E-state index in [0.29, 0.717) is 32.3 Å². The van der Waals surface area contributed by atoms with Crippen molar-refractivity contribution in [2.75, 3.05) is 20.3 Å². The van der Waals surface area contributed by atoms with Crippen LogP contribution < -0.4 is 10.1 Å². The Balaban J connectivity index is 2.75. The number of rotatable bonds is 17. The molecular formula is C25H39NO7. The van der Waals surface area contributed by atoms with Gasteiger partial charge in [0, 0.05) is 13.3 Å². The Morgan fingerprint density at radius 1 is 1.00 bits per heavy atom. The molecule has 0 aliphatic heterocycles. The number of esters is 1. The molecule has 0 saturated heterocycles. The highest BCUT2D eigenvalue weighted by molar-refractivity contribution is 5.69. The van der Waals surface area contributed by atoms with Crippen LogP contribution >= 0.6 is 0 Å². The van der Waals surface area contributed by atoms with Gasteiger partial charge in [-0.05, 0) is 49.8 Å². The standard InChI is InChI=1S/C25H39NO7/c1-4-5-6-7-8-18-32-22-13-11-21(12-14-22)15-17-25(19-33-20(2)27,26-24(30)31-3)16-9-10-23(28)29/h11-14H,4-10,15-19H2,1-3H3,(H,26,30)(H,28,29). The number of carbonyl (C=O) groups excluding carboxylic acids is 2. The average Bonchev–Trinajstić information content (AvgIpc) is 2.79. The summed E-state index contributed by atoms with van der Waals surface area (Å²) >= 11 is 0. The van der Waals surface area contributed by atoms with Crippen molar-refractivity contribution in [3.63, 3.8) is 0 Å². The lowest BCUT2D eigenvalue weighted by molar-refractivity contribution is -0.144. The van der Waals surface area contributed by atoms with Crippen LogP contribution in [0.5, 0.6) is 5.75 Å². The molecule has 0 aliphatic carbocycles. The van der Waals surface area contributed by atoms with Gasteiger partial charge in [-0.2, -0.15) is 0 Å². The predicted octanol–water partition coefficient (Wildman–Crippen LogP) is 4.88. The van der Waals surface area contributed by atoms with Crippen molar-refractivity contribution in [2.24, 2.45) is 0 Å². The summed E-state index contributed by atoms with van der Waals surface area (Å²) in [7, 11) is 1.26. The number of hydrogen-bond donors (Lipinski definition) is 2. The molecule has 8 heteroatoms. The molecule has 1 aromatic rings. The molecule has 0 heterocycles. The van der Waals surface area contributed by atoms with E-state index in [9.17, 15) is 14.4 Å². The Bertz CT molecular complexity index is 720. The molecule has 8 nitrogen and oxygen atoms in total. The number of aliphatic carboxylic acids is 1. The molecule has 0 aliphatic rings. The highest BCUT2D eigenvalue weighted by Gasteiger charge is 2.33. The van der Waals surface area contributed by atoms with Crippen LogP contribution in [0.2, 0.25) is 0 Å². The van der Waals surface area contributed by atoms with E-state index in [4.69, 9.17) is 19.3 Å². The zero-order valence-electron chi connectivity index (χ0n) is 20.2. The maximum atomic E-state index is 12.0. The molecule has 0 bridgehead atoms. The van der Waals surface area contributed by atoms with Crippen molar-refractivity contribution in [3.05, 3.63) is 29.8 Å². The van der Waals surface area contributed by atoms with Gasteiger partial charge in [0.25, 0.3) is 0 Å². The fourth-order valence-corrected chi connectivity index (χ4v) is 3.55. The van der Waals surface area contributed by atoms with E-state index in [0.717, 1.165) is 17.7 Å². The monoisotopic (exact) mass is 465 g/mol. The first-order chi connectivity index (χ1) is 15.8. The number of amides is 1. The molecule has 0 fully saturated rings. The van der Waals surface area contributed by atoms with E-state index in [-0.39, 0.29) is 13.0 Å². The third kappa shape index (κ3) is 12.7. The third-order valence-electron chi connectivity index (χ3n) is 5.48. The number of carboxylic acid groups (broad SMARTS) is 1. The predicted molar refractivity (Wildman–Crippen MR) is 125 cm³/mol. The zero-order chi connectivity index (χ0) is 24.5. The number of ether oxygens (including phenoxy) is 3. The molecule has 0 spiro atoms. The number of methoxy groups -OCH3 is 1. The van der Waals surface area contributed by atoms with Gasteiger partial charge in [0.15, 0.2) is 0 Å². The number of hydrogen-bond acceptors (Lipinski definition) is 6. The summed E-state index contributed by atoms with van der Waals surface area (Å²) in [6.45, 7) is 4.13. The summed E-state index contributed by atoms with van der Waals surface area (Å²) in [5, 5.41) is 11.8. The van der Waals surface area contributed by atoms with Crippen molar-refractivity contribution in [1.82, 2.24) is 5.32 Å². The average molecular weight is 466 g/mol. The summed E-state index contributed by atoms with van der Waals surface area (Å²) in [5.74, 6) is -0.578. The molecule has 0 aromatic heterocycles. The second-order valence-corrected chi connectivity index (χ2v) is 8.33. The van der Waals surface area contributed by atoms with E-state index >= 15 is 0 Å². The summed E-state index contributed by atoms with van der Waals surface area (Å²) in [5.41, 5.74) is 0.101. The molecule has 0 radical (unpaired) electrons. The van der Waals surface area contributed by atoms with Crippen molar-refractivity contribution in [2.45, 2.75) is 83.6 Å². The number of nitrogens with one attached hydrogen (secondary N) is 1. The quantitative estimate of drug-likeness (QED) is 0.249. The van der Waals surface area contributed by atoms with Crippen LogP contribution in [0.3, 0.4) is 0 Å². The van der Waals surface area contributed by atoms with Gasteiger partial charge >= 0.3 is 18.0 Å². The van der Waals surface area contributed by atoms with Gasteiger partial charge in [0.2, 0.25) is 0 Å².